The zero-order valence-corrected chi connectivity index (χ0v) is 11.7. The van der Waals surface area contributed by atoms with Crippen molar-refractivity contribution in [2.75, 3.05) is 13.1 Å². The van der Waals surface area contributed by atoms with Crippen molar-refractivity contribution >= 4 is 5.97 Å². The van der Waals surface area contributed by atoms with E-state index in [9.17, 15) is 4.79 Å². The first-order valence-electron chi connectivity index (χ1n) is 6.94. The third kappa shape index (κ3) is 3.53. The predicted molar refractivity (Wildman–Crippen MR) is 74.1 cm³/mol. The number of carboxylic acid groups (broad SMARTS) is 1. The van der Waals surface area contributed by atoms with Gasteiger partial charge < -0.3 is 5.11 Å². The minimum atomic E-state index is -0.959. The Morgan fingerprint density at radius 2 is 2.11 bits per heavy atom. The first kappa shape index (κ1) is 14.0. The fraction of sp³-hybridized carbons (Fsp3) is 0.600. The Labute approximate surface area is 114 Å². The number of rotatable bonds is 4. The van der Waals surface area contributed by atoms with Crippen LogP contribution < -0.4 is 0 Å². The number of aromatic nitrogens is 1. The van der Waals surface area contributed by atoms with E-state index in [1.165, 1.54) is 25.3 Å². The Hall–Kier alpha value is -1.42. The van der Waals surface area contributed by atoms with E-state index in [0.717, 1.165) is 25.3 Å². The molecule has 0 unspecified atom stereocenters. The molecule has 0 amide bonds. The molecule has 0 bridgehead atoms. The molecule has 0 aromatic carbocycles. The second-order valence-corrected chi connectivity index (χ2v) is 5.76. The van der Waals surface area contributed by atoms with E-state index in [2.05, 4.69) is 23.7 Å². The first-order valence-corrected chi connectivity index (χ1v) is 6.94. The largest absolute Gasteiger partial charge is 0.477 e. The average molecular weight is 262 g/mol. The third-order valence-corrected chi connectivity index (χ3v) is 4.33. The predicted octanol–water partition coefficient (Wildman–Crippen LogP) is 2.79. The van der Waals surface area contributed by atoms with Gasteiger partial charge in [-0.2, -0.15) is 0 Å². The standard InChI is InChI=1S/C15H22N2O2/c1-3-15(2)7-9-17(10-8-15)11-12-5-4-6-13(16-12)14(18)19/h4-6H,3,7-11H2,1-2H3,(H,18,19). The van der Waals surface area contributed by atoms with Crippen molar-refractivity contribution in [3.05, 3.63) is 29.6 Å². The highest BCUT2D eigenvalue weighted by atomic mass is 16.4. The average Bonchev–Trinajstić information content (AvgIpc) is 2.42. The summed E-state index contributed by atoms with van der Waals surface area (Å²) in [5.41, 5.74) is 1.46. The summed E-state index contributed by atoms with van der Waals surface area (Å²) in [6, 6.07) is 5.21. The van der Waals surface area contributed by atoms with E-state index in [4.69, 9.17) is 5.11 Å². The highest BCUT2D eigenvalue weighted by Gasteiger charge is 2.28. The van der Waals surface area contributed by atoms with Crippen LogP contribution in [0.5, 0.6) is 0 Å². The summed E-state index contributed by atoms with van der Waals surface area (Å²) in [6.45, 7) is 7.51. The molecule has 0 radical (unpaired) electrons. The SMILES string of the molecule is CCC1(C)CCN(Cc2cccc(C(=O)O)n2)CC1. The molecular formula is C15H22N2O2. The fourth-order valence-corrected chi connectivity index (χ4v) is 2.52. The number of nitrogens with zero attached hydrogens (tertiary/aromatic N) is 2. The van der Waals surface area contributed by atoms with Crippen LogP contribution in [0.15, 0.2) is 18.2 Å². The number of aromatic carboxylic acids is 1. The molecule has 0 aliphatic carbocycles. The summed E-state index contributed by atoms with van der Waals surface area (Å²) in [5.74, 6) is -0.959. The smallest absolute Gasteiger partial charge is 0.354 e. The molecule has 4 nitrogen and oxygen atoms in total. The van der Waals surface area contributed by atoms with Crippen molar-refractivity contribution in [1.82, 2.24) is 9.88 Å². The Kier molecular flexibility index (Phi) is 4.20. The van der Waals surface area contributed by atoms with Gasteiger partial charge in [-0.15, -0.1) is 0 Å². The molecule has 2 heterocycles. The monoisotopic (exact) mass is 262 g/mol. The quantitative estimate of drug-likeness (QED) is 0.906. The first-order chi connectivity index (χ1) is 9.02. The molecule has 1 N–H and O–H groups in total. The summed E-state index contributed by atoms with van der Waals surface area (Å²) in [4.78, 5) is 17.4. The van der Waals surface area contributed by atoms with E-state index in [-0.39, 0.29) is 5.69 Å². The number of pyridine rings is 1. The summed E-state index contributed by atoms with van der Waals surface area (Å²) >= 11 is 0. The van der Waals surface area contributed by atoms with E-state index in [0.29, 0.717) is 5.41 Å². The van der Waals surface area contributed by atoms with Crippen molar-refractivity contribution in [1.29, 1.82) is 0 Å². The number of carbonyl (C=O) groups is 1. The minimum absolute atomic E-state index is 0.132. The summed E-state index contributed by atoms with van der Waals surface area (Å²) in [6.07, 6.45) is 3.65. The Morgan fingerprint density at radius 1 is 1.42 bits per heavy atom. The number of hydrogen-bond donors (Lipinski definition) is 1. The fourth-order valence-electron chi connectivity index (χ4n) is 2.52. The molecule has 1 saturated heterocycles. The van der Waals surface area contributed by atoms with Crippen LogP contribution >= 0.6 is 0 Å². The molecule has 0 saturated carbocycles. The molecule has 1 fully saturated rings. The van der Waals surface area contributed by atoms with Crippen molar-refractivity contribution in [3.8, 4) is 0 Å². The van der Waals surface area contributed by atoms with E-state index in [1.807, 2.05) is 6.07 Å². The molecule has 0 atom stereocenters. The highest BCUT2D eigenvalue weighted by molar-refractivity contribution is 5.85. The zero-order valence-electron chi connectivity index (χ0n) is 11.7. The Balaban J connectivity index is 1.96. The number of piperidine rings is 1. The molecule has 1 aliphatic rings. The maximum absolute atomic E-state index is 10.9. The Bertz CT molecular complexity index is 451. The van der Waals surface area contributed by atoms with Gasteiger partial charge in [0.15, 0.2) is 0 Å². The van der Waals surface area contributed by atoms with E-state index >= 15 is 0 Å². The van der Waals surface area contributed by atoms with Crippen molar-refractivity contribution in [2.24, 2.45) is 5.41 Å². The maximum atomic E-state index is 10.9. The lowest BCUT2D eigenvalue weighted by Gasteiger charge is -2.38. The van der Waals surface area contributed by atoms with Gasteiger partial charge in [-0.1, -0.05) is 26.3 Å². The minimum Gasteiger partial charge on any atom is -0.477 e. The van der Waals surface area contributed by atoms with Crippen LogP contribution in [0.25, 0.3) is 0 Å². The second kappa shape index (κ2) is 5.70. The zero-order chi connectivity index (χ0) is 13.9. The summed E-state index contributed by atoms with van der Waals surface area (Å²) < 4.78 is 0. The third-order valence-electron chi connectivity index (χ3n) is 4.33. The van der Waals surface area contributed by atoms with Gasteiger partial charge in [0.05, 0.1) is 5.69 Å². The van der Waals surface area contributed by atoms with Crippen LogP contribution in [0.3, 0.4) is 0 Å². The molecule has 1 aromatic rings. The van der Waals surface area contributed by atoms with Crippen LogP contribution in [0.2, 0.25) is 0 Å². The Morgan fingerprint density at radius 3 is 2.68 bits per heavy atom. The van der Waals surface area contributed by atoms with Gasteiger partial charge in [-0.25, -0.2) is 9.78 Å². The molecule has 104 valence electrons. The van der Waals surface area contributed by atoms with Crippen molar-refractivity contribution < 1.29 is 9.90 Å². The molecule has 2 rings (SSSR count). The summed E-state index contributed by atoms with van der Waals surface area (Å²) in [7, 11) is 0. The molecular weight excluding hydrogens is 240 g/mol. The lowest BCUT2D eigenvalue weighted by Crippen LogP contribution is -2.38. The van der Waals surface area contributed by atoms with Gasteiger partial charge in [0.2, 0.25) is 0 Å². The van der Waals surface area contributed by atoms with E-state index in [1.54, 1.807) is 6.07 Å². The number of carboxylic acids is 1. The second-order valence-electron chi connectivity index (χ2n) is 5.76. The van der Waals surface area contributed by atoms with E-state index < -0.39 is 5.97 Å². The summed E-state index contributed by atoms with van der Waals surface area (Å²) in [5, 5.41) is 8.94. The topological polar surface area (TPSA) is 53.4 Å². The van der Waals surface area contributed by atoms with Gasteiger partial charge in [-0.05, 0) is 43.5 Å². The molecule has 1 aromatic heterocycles. The maximum Gasteiger partial charge on any atom is 0.354 e. The highest BCUT2D eigenvalue weighted by Crippen LogP contribution is 2.34. The van der Waals surface area contributed by atoms with Gasteiger partial charge in [0, 0.05) is 6.54 Å². The van der Waals surface area contributed by atoms with Gasteiger partial charge in [-0.3, -0.25) is 4.90 Å². The van der Waals surface area contributed by atoms with Crippen LogP contribution in [0.1, 0.15) is 49.3 Å². The van der Waals surface area contributed by atoms with Crippen LogP contribution in [0, 0.1) is 5.41 Å². The number of hydrogen-bond acceptors (Lipinski definition) is 3. The van der Waals surface area contributed by atoms with Crippen molar-refractivity contribution in [3.63, 3.8) is 0 Å². The van der Waals surface area contributed by atoms with Gasteiger partial charge in [0.25, 0.3) is 0 Å². The van der Waals surface area contributed by atoms with Crippen LogP contribution in [-0.4, -0.2) is 34.0 Å². The van der Waals surface area contributed by atoms with Crippen LogP contribution in [0.4, 0.5) is 0 Å². The normalized spacial score (nSPS) is 19.3. The lowest BCUT2D eigenvalue weighted by molar-refractivity contribution is 0.0689. The van der Waals surface area contributed by atoms with Gasteiger partial charge in [0.1, 0.15) is 5.69 Å². The van der Waals surface area contributed by atoms with Crippen molar-refractivity contribution in [2.45, 2.75) is 39.7 Å². The van der Waals surface area contributed by atoms with Crippen LogP contribution in [-0.2, 0) is 6.54 Å². The molecule has 0 spiro atoms. The molecule has 4 heteroatoms. The molecule has 19 heavy (non-hydrogen) atoms. The lowest BCUT2D eigenvalue weighted by atomic mass is 9.78. The number of likely N-dealkylation sites (tertiary alicyclic amines) is 1. The molecule has 1 aliphatic heterocycles. The van der Waals surface area contributed by atoms with Gasteiger partial charge >= 0.3 is 5.97 Å².